The molecule has 0 aliphatic heterocycles. The Morgan fingerprint density at radius 2 is 2.29 bits per heavy atom. The maximum atomic E-state index is 11.1. The lowest BCUT2D eigenvalue weighted by Crippen LogP contribution is -2.16. The van der Waals surface area contributed by atoms with Gasteiger partial charge in [0.2, 0.25) is 0 Å². The Bertz CT molecular complexity index is 373. The first-order chi connectivity index (χ1) is 8.08. The summed E-state index contributed by atoms with van der Waals surface area (Å²) >= 11 is 1.29. The number of ether oxygens (including phenoxy) is 2. The van der Waals surface area contributed by atoms with Crippen LogP contribution in [-0.4, -0.2) is 30.9 Å². The van der Waals surface area contributed by atoms with Gasteiger partial charge in [0.1, 0.15) is 12.4 Å². The fourth-order valence-electron chi connectivity index (χ4n) is 1.32. The van der Waals surface area contributed by atoms with Gasteiger partial charge in [0, 0.05) is 12.0 Å². The highest BCUT2D eigenvalue weighted by molar-refractivity contribution is 7.14. The van der Waals surface area contributed by atoms with Crippen molar-refractivity contribution in [1.82, 2.24) is 0 Å². The summed E-state index contributed by atoms with van der Waals surface area (Å²) in [5.41, 5.74) is 0. The summed E-state index contributed by atoms with van der Waals surface area (Å²) in [7, 11) is 1.60. The zero-order chi connectivity index (χ0) is 12.8. The Morgan fingerprint density at radius 1 is 1.59 bits per heavy atom. The van der Waals surface area contributed by atoms with E-state index < -0.39 is 5.97 Å². The molecule has 4 nitrogen and oxygen atoms in total. The number of carboxylic acids is 1. The van der Waals surface area contributed by atoms with E-state index in [9.17, 15) is 4.79 Å². The van der Waals surface area contributed by atoms with Crippen molar-refractivity contribution in [2.24, 2.45) is 0 Å². The van der Waals surface area contributed by atoms with Crippen LogP contribution in [0.25, 0.3) is 0 Å². The average molecular weight is 258 g/mol. The van der Waals surface area contributed by atoms with Crippen LogP contribution >= 0.6 is 11.3 Å². The van der Waals surface area contributed by atoms with Crippen molar-refractivity contribution < 1.29 is 19.4 Å². The molecule has 5 heteroatoms. The highest BCUT2D eigenvalue weighted by Crippen LogP contribution is 2.30. The molecule has 1 unspecified atom stereocenters. The van der Waals surface area contributed by atoms with Crippen LogP contribution in [-0.2, 0) is 11.2 Å². The molecule has 96 valence electrons. The predicted octanol–water partition coefficient (Wildman–Crippen LogP) is 2.81. The molecule has 0 bridgehead atoms. The van der Waals surface area contributed by atoms with Crippen molar-refractivity contribution in [3.05, 3.63) is 15.8 Å². The number of hydrogen-bond donors (Lipinski definition) is 1. The third-order valence-corrected chi connectivity index (χ3v) is 3.48. The summed E-state index contributed by atoms with van der Waals surface area (Å²) in [5, 5.41) is 9.07. The Hall–Kier alpha value is -1.07. The van der Waals surface area contributed by atoms with Crippen LogP contribution in [0, 0.1) is 0 Å². The van der Waals surface area contributed by atoms with Gasteiger partial charge in [-0.3, -0.25) is 0 Å². The largest absolute Gasteiger partial charge is 0.489 e. The van der Waals surface area contributed by atoms with E-state index in [1.807, 2.05) is 13.0 Å². The highest BCUT2D eigenvalue weighted by Gasteiger charge is 2.17. The van der Waals surface area contributed by atoms with E-state index in [0.29, 0.717) is 12.4 Å². The minimum Gasteiger partial charge on any atom is -0.489 e. The second kappa shape index (κ2) is 6.61. The van der Waals surface area contributed by atoms with Gasteiger partial charge in [-0.15, -0.1) is 11.3 Å². The molecule has 0 saturated heterocycles. The third-order valence-electron chi connectivity index (χ3n) is 2.32. The second-order valence-corrected chi connectivity index (χ2v) is 4.96. The van der Waals surface area contributed by atoms with Gasteiger partial charge in [0.15, 0.2) is 4.88 Å². The lowest BCUT2D eigenvalue weighted by atomic mass is 10.3. The fourth-order valence-corrected chi connectivity index (χ4v) is 2.36. The van der Waals surface area contributed by atoms with E-state index in [1.165, 1.54) is 11.3 Å². The lowest BCUT2D eigenvalue weighted by Gasteiger charge is -2.10. The van der Waals surface area contributed by atoms with E-state index in [0.717, 1.165) is 17.7 Å². The number of thiophene rings is 1. The van der Waals surface area contributed by atoms with Crippen LogP contribution in [0.15, 0.2) is 6.07 Å². The van der Waals surface area contributed by atoms with Crippen LogP contribution in [0.2, 0.25) is 0 Å². The molecule has 1 N–H and O–H groups in total. The molecule has 1 atom stereocenters. The van der Waals surface area contributed by atoms with Gasteiger partial charge in [-0.25, -0.2) is 4.79 Å². The first-order valence-corrected chi connectivity index (χ1v) is 6.41. The van der Waals surface area contributed by atoms with Crippen LogP contribution in [0.3, 0.4) is 0 Å². The molecule has 0 fully saturated rings. The Labute approximate surface area is 105 Å². The molecule has 1 aromatic heterocycles. The van der Waals surface area contributed by atoms with Gasteiger partial charge in [0.25, 0.3) is 0 Å². The minimum absolute atomic E-state index is 0.0498. The average Bonchev–Trinajstić information content (AvgIpc) is 2.69. The number of rotatable bonds is 7. The van der Waals surface area contributed by atoms with E-state index >= 15 is 0 Å². The number of methoxy groups -OCH3 is 1. The summed E-state index contributed by atoms with van der Waals surface area (Å²) in [6, 6.07) is 1.82. The van der Waals surface area contributed by atoms with Crippen molar-refractivity contribution in [1.29, 1.82) is 0 Å². The third kappa shape index (κ3) is 4.02. The number of carbonyl (C=O) groups is 1. The van der Waals surface area contributed by atoms with Gasteiger partial charge >= 0.3 is 5.97 Å². The standard InChI is InChI=1S/C12H18O4S/c1-4-5-9-6-10(11(17-9)12(13)14)16-7-8(2)15-3/h6,8H,4-5,7H2,1-3H3,(H,13,14). The second-order valence-electron chi connectivity index (χ2n) is 3.82. The summed E-state index contributed by atoms with van der Waals surface area (Å²) in [4.78, 5) is 12.4. The smallest absolute Gasteiger partial charge is 0.349 e. The van der Waals surface area contributed by atoms with Crippen molar-refractivity contribution >= 4 is 17.3 Å². The molecule has 0 spiro atoms. The molecule has 0 aromatic carbocycles. The molecule has 0 aliphatic carbocycles. The first kappa shape index (κ1) is 14.0. The number of aryl methyl sites for hydroxylation is 1. The maximum Gasteiger partial charge on any atom is 0.349 e. The number of aromatic carboxylic acids is 1. The van der Waals surface area contributed by atoms with Crippen molar-refractivity contribution in [2.75, 3.05) is 13.7 Å². The van der Waals surface area contributed by atoms with Gasteiger partial charge in [0.05, 0.1) is 6.10 Å². The van der Waals surface area contributed by atoms with Crippen LogP contribution in [0.4, 0.5) is 0 Å². The van der Waals surface area contributed by atoms with E-state index in [1.54, 1.807) is 7.11 Å². The lowest BCUT2D eigenvalue weighted by molar-refractivity contribution is 0.0653. The molecule has 0 aliphatic rings. The van der Waals surface area contributed by atoms with Crippen molar-refractivity contribution in [3.8, 4) is 5.75 Å². The molecule has 0 saturated carbocycles. The zero-order valence-electron chi connectivity index (χ0n) is 10.4. The molecule has 0 radical (unpaired) electrons. The Morgan fingerprint density at radius 3 is 2.82 bits per heavy atom. The van der Waals surface area contributed by atoms with E-state index in [4.69, 9.17) is 14.6 Å². The molecule has 1 rings (SSSR count). The predicted molar refractivity (Wildman–Crippen MR) is 67.2 cm³/mol. The van der Waals surface area contributed by atoms with E-state index in [2.05, 4.69) is 6.92 Å². The normalized spacial score (nSPS) is 12.4. The maximum absolute atomic E-state index is 11.1. The molecule has 17 heavy (non-hydrogen) atoms. The molecule has 0 amide bonds. The first-order valence-electron chi connectivity index (χ1n) is 5.60. The van der Waals surface area contributed by atoms with Gasteiger partial charge in [-0.2, -0.15) is 0 Å². The fraction of sp³-hybridized carbons (Fsp3) is 0.583. The summed E-state index contributed by atoms with van der Waals surface area (Å²) in [6.07, 6.45) is 1.83. The minimum atomic E-state index is -0.933. The summed E-state index contributed by atoms with van der Waals surface area (Å²) in [5.74, 6) is -0.479. The highest BCUT2D eigenvalue weighted by atomic mass is 32.1. The molecular formula is C12H18O4S. The van der Waals surface area contributed by atoms with Crippen molar-refractivity contribution in [3.63, 3.8) is 0 Å². The SMILES string of the molecule is CCCc1cc(OCC(C)OC)c(C(=O)O)s1. The van der Waals surface area contributed by atoms with Crippen molar-refractivity contribution in [2.45, 2.75) is 32.8 Å². The van der Waals surface area contributed by atoms with E-state index in [-0.39, 0.29) is 11.0 Å². The Balaban J connectivity index is 2.77. The van der Waals surface area contributed by atoms with Gasteiger partial charge in [-0.05, 0) is 19.4 Å². The topological polar surface area (TPSA) is 55.8 Å². The van der Waals surface area contributed by atoms with Crippen LogP contribution in [0.1, 0.15) is 34.8 Å². The number of hydrogen-bond acceptors (Lipinski definition) is 4. The summed E-state index contributed by atoms with van der Waals surface area (Å²) < 4.78 is 10.5. The van der Waals surface area contributed by atoms with Gasteiger partial charge < -0.3 is 14.6 Å². The van der Waals surface area contributed by atoms with Crippen LogP contribution < -0.4 is 4.74 Å². The monoisotopic (exact) mass is 258 g/mol. The zero-order valence-corrected chi connectivity index (χ0v) is 11.2. The molecular weight excluding hydrogens is 240 g/mol. The summed E-state index contributed by atoms with van der Waals surface area (Å²) in [6.45, 7) is 4.30. The quantitative estimate of drug-likeness (QED) is 0.817. The van der Waals surface area contributed by atoms with Crippen LogP contribution in [0.5, 0.6) is 5.75 Å². The number of carboxylic acid groups (broad SMARTS) is 1. The molecule has 1 aromatic rings. The Kier molecular flexibility index (Phi) is 5.44. The van der Waals surface area contributed by atoms with Gasteiger partial charge in [-0.1, -0.05) is 13.3 Å². The molecule has 1 heterocycles.